The van der Waals surface area contributed by atoms with Crippen LogP contribution in [0.25, 0.3) is 0 Å². The number of carbonyl (C=O) groups is 2. The van der Waals surface area contributed by atoms with E-state index in [4.69, 9.17) is 0 Å². The van der Waals surface area contributed by atoms with Gasteiger partial charge >= 0.3 is 6.03 Å². The van der Waals surface area contributed by atoms with Crippen LogP contribution in [0.1, 0.15) is 31.7 Å². The molecule has 0 bridgehead atoms. The Bertz CT molecular complexity index is 1050. The van der Waals surface area contributed by atoms with Crippen LogP contribution >= 0.6 is 0 Å². The van der Waals surface area contributed by atoms with Gasteiger partial charge in [-0.05, 0) is 56.0 Å². The molecule has 0 spiro atoms. The van der Waals surface area contributed by atoms with Gasteiger partial charge in [-0.1, -0.05) is 31.2 Å². The molecule has 0 aliphatic carbocycles. The molecule has 1 fully saturated rings. The number of likely N-dealkylation sites (tertiary alicyclic amines) is 1. The Morgan fingerprint density at radius 2 is 1.62 bits per heavy atom. The quantitative estimate of drug-likeness (QED) is 0.582. The smallest absolute Gasteiger partial charge is 0.321 e. The fraction of sp³-hybridized carbons (Fsp3) is 0.391. The molecule has 0 atom stereocenters. The van der Waals surface area contributed by atoms with Gasteiger partial charge in [-0.2, -0.15) is 0 Å². The third-order valence-electron chi connectivity index (χ3n) is 5.51. The van der Waals surface area contributed by atoms with Gasteiger partial charge in [0.1, 0.15) is 0 Å². The summed E-state index contributed by atoms with van der Waals surface area (Å²) < 4.78 is 26.8. The van der Waals surface area contributed by atoms with Crippen molar-refractivity contribution in [3.05, 3.63) is 54.1 Å². The lowest BCUT2D eigenvalue weighted by Gasteiger charge is -2.31. The number of urea groups is 1. The Kier molecular flexibility index (Phi) is 7.74. The average molecular weight is 459 g/mol. The van der Waals surface area contributed by atoms with Gasteiger partial charge in [0, 0.05) is 30.4 Å². The van der Waals surface area contributed by atoms with Crippen molar-refractivity contribution in [1.82, 2.24) is 4.90 Å². The minimum absolute atomic E-state index is 0.0411. The Morgan fingerprint density at radius 3 is 2.28 bits per heavy atom. The van der Waals surface area contributed by atoms with E-state index in [9.17, 15) is 18.0 Å². The zero-order valence-electron chi connectivity index (χ0n) is 18.4. The van der Waals surface area contributed by atoms with Gasteiger partial charge in [-0.25, -0.2) is 13.2 Å². The molecule has 0 radical (unpaired) electrons. The summed E-state index contributed by atoms with van der Waals surface area (Å²) >= 11 is 0. The molecule has 32 heavy (non-hydrogen) atoms. The predicted octanol–water partition coefficient (Wildman–Crippen LogP) is 4.03. The van der Waals surface area contributed by atoms with Crippen molar-refractivity contribution in [1.29, 1.82) is 0 Å². The minimum atomic E-state index is -3.42. The summed E-state index contributed by atoms with van der Waals surface area (Å²) in [6, 6.07) is 14.2. The van der Waals surface area contributed by atoms with Crippen LogP contribution in [-0.2, 0) is 14.8 Å². The summed E-state index contributed by atoms with van der Waals surface area (Å²) in [7, 11) is -3.42. The Hall–Kier alpha value is -3.07. The maximum Gasteiger partial charge on any atom is 0.321 e. The van der Waals surface area contributed by atoms with Gasteiger partial charge in [0.05, 0.1) is 11.4 Å². The molecule has 1 heterocycles. The highest BCUT2D eigenvalue weighted by Crippen LogP contribution is 2.26. The molecule has 0 saturated carbocycles. The number of nitrogens with zero attached hydrogens (tertiary/aromatic N) is 1. The van der Waals surface area contributed by atoms with Crippen LogP contribution in [0.2, 0.25) is 0 Å². The van der Waals surface area contributed by atoms with Crippen LogP contribution in [0.5, 0.6) is 0 Å². The second-order valence-corrected chi connectivity index (χ2v) is 9.79. The Balaban J connectivity index is 1.56. The van der Waals surface area contributed by atoms with E-state index in [1.807, 2.05) is 30.3 Å². The molecule has 2 aromatic rings. The van der Waals surface area contributed by atoms with Crippen molar-refractivity contribution in [3.63, 3.8) is 0 Å². The number of para-hydroxylation sites is 1. The second-order valence-electron chi connectivity index (χ2n) is 7.95. The van der Waals surface area contributed by atoms with E-state index in [1.165, 1.54) is 0 Å². The van der Waals surface area contributed by atoms with Gasteiger partial charge < -0.3 is 15.5 Å². The lowest BCUT2D eigenvalue weighted by molar-refractivity contribution is -0.121. The van der Waals surface area contributed by atoms with Gasteiger partial charge in [0.25, 0.3) is 0 Å². The maximum absolute atomic E-state index is 12.8. The fourth-order valence-corrected chi connectivity index (χ4v) is 4.87. The number of nitrogens with one attached hydrogen (secondary N) is 3. The first-order valence-electron chi connectivity index (χ1n) is 10.8. The molecule has 8 nitrogen and oxygen atoms in total. The first kappa shape index (κ1) is 23.6. The first-order chi connectivity index (χ1) is 15.3. The molecule has 0 unspecified atom stereocenters. The van der Waals surface area contributed by atoms with E-state index in [1.54, 1.807) is 36.9 Å². The molecule has 3 N–H and O–H groups in total. The summed E-state index contributed by atoms with van der Waals surface area (Å²) in [5.41, 5.74) is 2.45. The summed E-state index contributed by atoms with van der Waals surface area (Å²) in [6.07, 6.45) is 1.65. The molecule has 1 aliphatic rings. The fourth-order valence-electron chi connectivity index (χ4n) is 3.67. The van der Waals surface area contributed by atoms with Crippen LogP contribution in [0.4, 0.5) is 21.9 Å². The molecule has 3 rings (SSSR count). The minimum Gasteiger partial charge on any atom is -0.326 e. The zero-order chi connectivity index (χ0) is 23.1. The number of hydrogen-bond acceptors (Lipinski definition) is 4. The van der Waals surface area contributed by atoms with Crippen molar-refractivity contribution < 1.29 is 18.0 Å². The highest BCUT2D eigenvalue weighted by molar-refractivity contribution is 7.92. The molecule has 0 aromatic heterocycles. The maximum atomic E-state index is 12.8. The van der Waals surface area contributed by atoms with E-state index >= 15 is 0 Å². The normalized spacial score (nSPS) is 14.6. The highest BCUT2D eigenvalue weighted by Gasteiger charge is 2.28. The topological polar surface area (TPSA) is 108 Å². The van der Waals surface area contributed by atoms with E-state index in [0.29, 0.717) is 49.3 Å². The summed E-state index contributed by atoms with van der Waals surface area (Å²) in [5, 5.41) is 5.80. The van der Waals surface area contributed by atoms with E-state index in [0.717, 1.165) is 5.69 Å². The molecule has 2 aromatic carbocycles. The third kappa shape index (κ3) is 6.23. The lowest BCUT2D eigenvalue weighted by Crippen LogP contribution is -2.43. The molecule has 1 aliphatic heterocycles. The summed E-state index contributed by atoms with van der Waals surface area (Å²) in [6.45, 7) is 4.56. The van der Waals surface area contributed by atoms with Gasteiger partial charge in [-0.15, -0.1) is 0 Å². The van der Waals surface area contributed by atoms with Crippen LogP contribution in [0, 0.1) is 12.8 Å². The molecular formula is C23H30N4O4S. The standard InChI is InChI=1S/C23H30N4O4S/c1-3-16-32(30,31)26-21-11-7-10-20(17(21)2)25-22(28)18-12-14-27(15-13-18)23(29)24-19-8-5-4-6-9-19/h4-11,18,26H,3,12-16H2,1-2H3,(H,24,29)(H,25,28). The number of benzene rings is 2. The number of anilines is 3. The van der Waals surface area contributed by atoms with Crippen LogP contribution < -0.4 is 15.4 Å². The van der Waals surface area contributed by atoms with Crippen LogP contribution in [-0.4, -0.2) is 44.1 Å². The number of sulfonamides is 1. The Morgan fingerprint density at radius 1 is 0.969 bits per heavy atom. The SMILES string of the molecule is CCCS(=O)(=O)Nc1cccc(NC(=O)C2CCN(C(=O)Nc3ccccc3)CC2)c1C. The van der Waals surface area contributed by atoms with E-state index in [2.05, 4.69) is 15.4 Å². The van der Waals surface area contributed by atoms with E-state index in [-0.39, 0.29) is 23.6 Å². The van der Waals surface area contributed by atoms with Gasteiger partial charge in [0.15, 0.2) is 0 Å². The number of hydrogen-bond donors (Lipinski definition) is 3. The zero-order valence-corrected chi connectivity index (χ0v) is 19.2. The first-order valence-corrected chi connectivity index (χ1v) is 12.5. The van der Waals surface area contributed by atoms with Crippen molar-refractivity contribution in [2.75, 3.05) is 34.2 Å². The average Bonchev–Trinajstić information content (AvgIpc) is 2.77. The van der Waals surface area contributed by atoms with Crippen LogP contribution in [0.3, 0.4) is 0 Å². The molecule has 3 amide bonds. The van der Waals surface area contributed by atoms with Crippen molar-refractivity contribution in [2.24, 2.45) is 5.92 Å². The number of carbonyl (C=O) groups excluding carboxylic acids is 2. The summed E-state index contributed by atoms with van der Waals surface area (Å²) in [5.74, 6) is -0.292. The highest BCUT2D eigenvalue weighted by atomic mass is 32.2. The number of piperidine rings is 1. The number of rotatable bonds is 7. The third-order valence-corrected chi connectivity index (χ3v) is 6.98. The van der Waals surface area contributed by atoms with E-state index < -0.39 is 10.0 Å². The molecule has 9 heteroatoms. The Labute approximate surface area is 189 Å². The monoisotopic (exact) mass is 458 g/mol. The molecule has 172 valence electrons. The molecular weight excluding hydrogens is 428 g/mol. The van der Waals surface area contributed by atoms with Gasteiger partial charge in [0.2, 0.25) is 15.9 Å². The summed E-state index contributed by atoms with van der Waals surface area (Å²) in [4.78, 5) is 27.0. The predicted molar refractivity (Wildman–Crippen MR) is 127 cm³/mol. The number of amides is 3. The second kappa shape index (κ2) is 10.5. The lowest BCUT2D eigenvalue weighted by atomic mass is 9.96. The largest absolute Gasteiger partial charge is 0.326 e. The van der Waals surface area contributed by atoms with Crippen LogP contribution in [0.15, 0.2) is 48.5 Å². The van der Waals surface area contributed by atoms with Gasteiger partial charge in [-0.3, -0.25) is 9.52 Å². The van der Waals surface area contributed by atoms with Crippen molar-refractivity contribution >= 4 is 39.0 Å². The van der Waals surface area contributed by atoms with Crippen molar-refractivity contribution in [2.45, 2.75) is 33.1 Å². The van der Waals surface area contributed by atoms with Crippen molar-refractivity contribution in [3.8, 4) is 0 Å². The molecule has 1 saturated heterocycles.